The van der Waals surface area contributed by atoms with Crippen molar-refractivity contribution in [2.75, 3.05) is 5.01 Å². The molecule has 0 N–H and O–H groups in total. The van der Waals surface area contributed by atoms with Gasteiger partial charge in [-0.3, -0.25) is 10.1 Å². The number of nitro benzene ring substituents is 1. The highest BCUT2D eigenvalue weighted by Gasteiger charge is 2.32. The number of thiazole rings is 1. The zero-order valence-corrected chi connectivity index (χ0v) is 22.2. The van der Waals surface area contributed by atoms with Crippen molar-refractivity contribution < 1.29 is 9.31 Å². The number of benzene rings is 3. The van der Waals surface area contributed by atoms with Gasteiger partial charge in [-0.15, -0.1) is 28.3 Å². The van der Waals surface area contributed by atoms with Crippen molar-refractivity contribution >= 4 is 44.8 Å². The maximum Gasteiger partial charge on any atom is 0.270 e. The molecular weight excluding hydrogens is 543 g/mol. The van der Waals surface area contributed by atoms with Crippen LogP contribution in [0.4, 0.5) is 15.2 Å². The van der Waals surface area contributed by atoms with Gasteiger partial charge in [0.2, 0.25) is 5.13 Å². The van der Waals surface area contributed by atoms with E-state index in [4.69, 9.17) is 10.1 Å². The molecule has 9 heteroatoms. The number of halogens is 2. The maximum atomic E-state index is 13.5. The molecule has 1 aliphatic heterocycles. The van der Waals surface area contributed by atoms with E-state index in [2.05, 4.69) is 38.1 Å². The van der Waals surface area contributed by atoms with Gasteiger partial charge in [-0.1, -0.05) is 62.4 Å². The van der Waals surface area contributed by atoms with E-state index in [1.165, 1.54) is 41.2 Å². The van der Waals surface area contributed by atoms with Gasteiger partial charge >= 0.3 is 0 Å². The monoisotopic (exact) mass is 566 g/mol. The Hall–Kier alpha value is -3.43. The lowest BCUT2D eigenvalue weighted by Crippen LogP contribution is -2.18. The van der Waals surface area contributed by atoms with Gasteiger partial charge in [-0.05, 0) is 34.7 Å². The van der Waals surface area contributed by atoms with Crippen LogP contribution in [0.2, 0.25) is 0 Å². The minimum Gasteiger partial charge on any atom is -0.258 e. The number of hydrazone groups is 1. The number of non-ortho nitro benzene ring substituents is 1. The molecule has 1 aliphatic rings. The van der Waals surface area contributed by atoms with E-state index >= 15 is 0 Å². The molecule has 0 spiro atoms. The van der Waals surface area contributed by atoms with E-state index in [1.54, 1.807) is 18.2 Å². The fraction of sp³-hybridized carbons (Fsp3) is 0.185. The van der Waals surface area contributed by atoms with Gasteiger partial charge in [0.25, 0.3) is 5.69 Å². The van der Waals surface area contributed by atoms with Crippen molar-refractivity contribution in [1.29, 1.82) is 0 Å². The van der Waals surface area contributed by atoms with Crippen molar-refractivity contribution in [3.05, 3.63) is 111 Å². The Morgan fingerprint density at radius 2 is 1.78 bits per heavy atom. The second-order valence-corrected chi connectivity index (χ2v) is 9.60. The summed E-state index contributed by atoms with van der Waals surface area (Å²) in [5.41, 5.74) is 5.47. The number of rotatable bonds is 6. The van der Waals surface area contributed by atoms with Crippen molar-refractivity contribution in [2.45, 2.75) is 32.2 Å². The topological polar surface area (TPSA) is 71.6 Å². The van der Waals surface area contributed by atoms with E-state index < -0.39 is 4.92 Å². The number of hydrogen-bond acceptors (Lipinski definition) is 6. The molecule has 184 valence electrons. The lowest BCUT2D eigenvalue weighted by atomic mass is 9.95. The summed E-state index contributed by atoms with van der Waals surface area (Å²) in [6, 6.07) is 21.3. The van der Waals surface area contributed by atoms with E-state index in [1.807, 2.05) is 16.5 Å². The predicted molar refractivity (Wildman–Crippen MR) is 148 cm³/mol. The van der Waals surface area contributed by atoms with E-state index in [-0.39, 0.29) is 34.5 Å². The minimum absolute atomic E-state index is 0. The highest BCUT2D eigenvalue weighted by molar-refractivity contribution is 8.93. The molecule has 0 amide bonds. The summed E-state index contributed by atoms with van der Waals surface area (Å²) in [4.78, 5) is 15.6. The summed E-state index contributed by atoms with van der Waals surface area (Å²) < 4.78 is 13.5. The SMILES string of the molecule is Br.CC(C)c1ccc(C2CC(c3ccc(F)cc3)=NN2c2nc(-c3cccc([N+](=O)[O-])c3)cs2)cc1. The molecule has 4 aromatic rings. The average Bonchev–Trinajstić information content (AvgIpc) is 3.52. The number of anilines is 1. The minimum atomic E-state index is -0.409. The third-order valence-electron chi connectivity index (χ3n) is 6.12. The first-order valence-corrected chi connectivity index (χ1v) is 12.2. The third-order valence-corrected chi connectivity index (χ3v) is 6.95. The predicted octanol–water partition coefficient (Wildman–Crippen LogP) is 7.91. The van der Waals surface area contributed by atoms with Gasteiger partial charge in [-0.25, -0.2) is 14.4 Å². The molecule has 0 fully saturated rings. The fourth-order valence-electron chi connectivity index (χ4n) is 4.15. The first-order chi connectivity index (χ1) is 16.9. The lowest BCUT2D eigenvalue weighted by molar-refractivity contribution is -0.384. The van der Waals surface area contributed by atoms with Crippen LogP contribution in [-0.4, -0.2) is 15.6 Å². The number of nitro groups is 1. The quantitative estimate of drug-likeness (QED) is 0.175. The fourth-order valence-corrected chi connectivity index (χ4v) is 4.98. The molecule has 5 rings (SSSR count). The van der Waals surface area contributed by atoms with Gasteiger partial charge in [-0.2, -0.15) is 5.10 Å². The molecule has 0 bridgehead atoms. The Balaban J connectivity index is 0.00000304. The van der Waals surface area contributed by atoms with Crippen LogP contribution < -0.4 is 5.01 Å². The zero-order valence-electron chi connectivity index (χ0n) is 19.7. The molecule has 0 saturated heterocycles. The second-order valence-electron chi connectivity index (χ2n) is 8.76. The summed E-state index contributed by atoms with van der Waals surface area (Å²) in [7, 11) is 0. The lowest BCUT2D eigenvalue weighted by Gasteiger charge is -2.21. The first kappa shape index (κ1) is 25.7. The Bertz CT molecular complexity index is 1400. The summed E-state index contributed by atoms with van der Waals surface area (Å²) in [6.07, 6.45) is 0.651. The molecule has 1 atom stereocenters. The number of nitrogens with zero attached hydrogens (tertiary/aromatic N) is 4. The Kier molecular flexibility index (Phi) is 7.61. The van der Waals surface area contributed by atoms with Crippen LogP contribution in [0.25, 0.3) is 11.3 Å². The third kappa shape index (κ3) is 5.22. The largest absolute Gasteiger partial charge is 0.270 e. The van der Waals surface area contributed by atoms with Gasteiger partial charge in [0.05, 0.1) is 22.4 Å². The van der Waals surface area contributed by atoms with Crippen LogP contribution >= 0.6 is 28.3 Å². The summed E-state index contributed by atoms with van der Waals surface area (Å²) >= 11 is 1.44. The van der Waals surface area contributed by atoms with Crippen molar-refractivity contribution in [3.63, 3.8) is 0 Å². The van der Waals surface area contributed by atoms with Crippen molar-refractivity contribution in [2.24, 2.45) is 5.10 Å². The molecular formula is C27H24BrFN4O2S. The van der Waals surface area contributed by atoms with E-state index in [0.717, 1.165) is 16.8 Å². The summed E-state index contributed by atoms with van der Waals surface area (Å²) in [5, 5.41) is 20.6. The zero-order chi connectivity index (χ0) is 24.5. The van der Waals surface area contributed by atoms with Crippen LogP contribution in [0.3, 0.4) is 0 Å². The van der Waals surface area contributed by atoms with Crippen molar-refractivity contribution in [3.8, 4) is 11.3 Å². The average molecular weight is 567 g/mol. The number of hydrogen-bond donors (Lipinski definition) is 0. The maximum absolute atomic E-state index is 13.5. The summed E-state index contributed by atoms with van der Waals surface area (Å²) in [6.45, 7) is 4.33. The van der Waals surface area contributed by atoms with Crippen LogP contribution in [0.5, 0.6) is 0 Å². The molecule has 0 radical (unpaired) electrons. The Labute approximate surface area is 223 Å². The smallest absolute Gasteiger partial charge is 0.258 e. The normalized spacial score (nSPS) is 15.1. The van der Waals surface area contributed by atoms with E-state index in [0.29, 0.717) is 28.7 Å². The van der Waals surface area contributed by atoms with Crippen molar-refractivity contribution in [1.82, 2.24) is 4.98 Å². The van der Waals surface area contributed by atoms with Crippen LogP contribution in [0, 0.1) is 15.9 Å². The van der Waals surface area contributed by atoms with E-state index in [9.17, 15) is 14.5 Å². The van der Waals surface area contributed by atoms with Crippen LogP contribution in [-0.2, 0) is 0 Å². The van der Waals surface area contributed by atoms with Gasteiger partial charge < -0.3 is 0 Å². The molecule has 36 heavy (non-hydrogen) atoms. The van der Waals surface area contributed by atoms with Gasteiger partial charge in [0.1, 0.15) is 5.82 Å². The molecule has 6 nitrogen and oxygen atoms in total. The number of aromatic nitrogens is 1. The Morgan fingerprint density at radius 3 is 2.44 bits per heavy atom. The van der Waals surface area contributed by atoms with Crippen LogP contribution in [0.15, 0.2) is 83.3 Å². The van der Waals surface area contributed by atoms with Gasteiger partial charge in [0, 0.05) is 29.5 Å². The molecule has 1 unspecified atom stereocenters. The standard InChI is InChI=1S/C27H23FN4O2S.BrH/c1-17(2)18-6-8-20(9-7-18)26-15-24(19-10-12-22(28)13-11-19)30-31(26)27-29-25(16-35-27)21-4-3-5-23(14-21)32(33)34;/h3-14,16-17,26H,15H2,1-2H3;1H. The molecule has 0 aliphatic carbocycles. The van der Waals surface area contributed by atoms with Gasteiger partial charge in [0.15, 0.2) is 0 Å². The summed E-state index contributed by atoms with van der Waals surface area (Å²) in [5.74, 6) is 0.151. The van der Waals surface area contributed by atoms with Crippen LogP contribution in [0.1, 0.15) is 48.9 Å². The Morgan fingerprint density at radius 1 is 1.06 bits per heavy atom. The molecule has 3 aromatic carbocycles. The molecule has 2 heterocycles. The second kappa shape index (κ2) is 10.7. The molecule has 1 aromatic heterocycles. The first-order valence-electron chi connectivity index (χ1n) is 11.3. The molecule has 0 saturated carbocycles. The highest BCUT2D eigenvalue weighted by Crippen LogP contribution is 2.40. The highest BCUT2D eigenvalue weighted by atomic mass is 79.9.